The van der Waals surface area contributed by atoms with Crippen molar-refractivity contribution in [3.8, 4) is 0 Å². The molecule has 1 saturated carbocycles. The summed E-state index contributed by atoms with van der Waals surface area (Å²) in [5.74, 6) is 0. The molecule has 0 aromatic heterocycles. The second kappa shape index (κ2) is 4.40. The fourth-order valence-electron chi connectivity index (χ4n) is 2.55. The zero-order valence-electron chi connectivity index (χ0n) is 10.9. The molecule has 0 atom stereocenters. The summed E-state index contributed by atoms with van der Waals surface area (Å²) in [7, 11) is 6.43. The largest absolute Gasteiger partial charge is 0.389 e. The molecule has 0 aromatic rings. The maximum atomic E-state index is 9.76. The predicted octanol–water partition coefficient (Wildman–Crippen LogP) is 1.17. The van der Waals surface area contributed by atoms with Gasteiger partial charge in [-0.1, -0.05) is 0 Å². The lowest BCUT2D eigenvalue weighted by Crippen LogP contribution is -2.57. The molecule has 3 heteroatoms. The smallest absolute Gasteiger partial charge is 0.0718 e. The Morgan fingerprint density at radius 3 is 2.00 bits per heavy atom. The number of aliphatic hydroxyl groups is 1. The Kier molecular flexibility index (Phi) is 3.80. The first-order valence-electron chi connectivity index (χ1n) is 5.84. The number of rotatable bonds is 5. The first-order chi connectivity index (χ1) is 6.75. The van der Waals surface area contributed by atoms with E-state index >= 15 is 0 Å². The van der Waals surface area contributed by atoms with Gasteiger partial charge in [-0.25, -0.2) is 0 Å². The Morgan fingerprint density at radius 2 is 1.73 bits per heavy atom. The van der Waals surface area contributed by atoms with Crippen LogP contribution in [-0.2, 0) is 0 Å². The third kappa shape index (κ3) is 3.44. The lowest BCUT2D eigenvalue weighted by molar-refractivity contribution is -0.00610. The minimum absolute atomic E-state index is 0.361. The van der Waals surface area contributed by atoms with Gasteiger partial charge in [0.25, 0.3) is 0 Å². The van der Waals surface area contributed by atoms with E-state index in [1.165, 1.54) is 19.3 Å². The molecule has 0 bridgehead atoms. The van der Waals surface area contributed by atoms with Gasteiger partial charge in [-0.3, -0.25) is 0 Å². The highest BCUT2D eigenvalue weighted by molar-refractivity contribution is 4.98. The molecule has 0 aromatic carbocycles. The number of hydrogen-bond donors (Lipinski definition) is 1. The lowest BCUT2D eigenvalue weighted by Gasteiger charge is -2.49. The Morgan fingerprint density at radius 1 is 1.20 bits per heavy atom. The van der Waals surface area contributed by atoms with Gasteiger partial charge in [0.2, 0.25) is 0 Å². The average Bonchev–Trinajstić information content (AvgIpc) is 1.92. The minimum atomic E-state index is -0.591. The summed E-state index contributed by atoms with van der Waals surface area (Å²) >= 11 is 0. The monoisotopic (exact) mass is 214 g/mol. The summed E-state index contributed by atoms with van der Waals surface area (Å²) in [6.45, 7) is 5.53. The molecule has 0 saturated heterocycles. The summed E-state index contributed by atoms with van der Waals surface area (Å²) in [5.41, 5.74) is -0.230. The lowest BCUT2D eigenvalue weighted by atomic mass is 9.75. The summed E-state index contributed by atoms with van der Waals surface area (Å²) in [5, 5.41) is 9.76. The molecule has 15 heavy (non-hydrogen) atoms. The molecular formula is C12H26N2O. The van der Waals surface area contributed by atoms with Crippen LogP contribution in [0.1, 0.15) is 33.1 Å². The number of likely N-dealkylation sites (N-methyl/N-ethyl adjacent to an activating group) is 2. The molecule has 0 aliphatic heterocycles. The van der Waals surface area contributed by atoms with Gasteiger partial charge in [-0.2, -0.15) is 0 Å². The van der Waals surface area contributed by atoms with Crippen LogP contribution in [0.5, 0.6) is 0 Å². The normalized spacial score (nSPS) is 20.8. The van der Waals surface area contributed by atoms with Gasteiger partial charge in [-0.05, 0) is 54.3 Å². The fraction of sp³-hybridized carbons (Fsp3) is 1.00. The highest BCUT2D eigenvalue weighted by Crippen LogP contribution is 2.36. The Labute approximate surface area is 94.1 Å². The highest BCUT2D eigenvalue weighted by Gasteiger charge is 2.40. The first kappa shape index (κ1) is 12.9. The van der Waals surface area contributed by atoms with Crippen molar-refractivity contribution in [3.05, 3.63) is 0 Å². The van der Waals surface area contributed by atoms with E-state index in [0.29, 0.717) is 5.54 Å². The van der Waals surface area contributed by atoms with Crippen molar-refractivity contribution in [2.75, 3.05) is 34.2 Å². The second-order valence-corrected chi connectivity index (χ2v) is 5.96. The Balaban J connectivity index is 2.46. The van der Waals surface area contributed by atoms with Crippen molar-refractivity contribution < 1.29 is 5.11 Å². The molecule has 0 amide bonds. The molecular weight excluding hydrogens is 188 g/mol. The fourth-order valence-corrected chi connectivity index (χ4v) is 2.55. The number of hydrogen-bond acceptors (Lipinski definition) is 3. The molecule has 1 N–H and O–H groups in total. The maximum Gasteiger partial charge on any atom is 0.0718 e. The van der Waals surface area contributed by atoms with Gasteiger partial charge >= 0.3 is 0 Å². The van der Waals surface area contributed by atoms with Crippen molar-refractivity contribution in [1.29, 1.82) is 0 Å². The Hall–Kier alpha value is -0.120. The van der Waals surface area contributed by atoms with E-state index in [4.69, 9.17) is 0 Å². The zero-order valence-corrected chi connectivity index (χ0v) is 10.9. The van der Waals surface area contributed by atoms with Gasteiger partial charge < -0.3 is 14.9 Å². The number of nitrogens with zero attached hydrogens (tertiary/aromatic N) is 2. The predicted molar refractivity (Wildman–Crippen MR) is 64.1 cm³/mol. The van der Waals surface area contributed by atoms with Gasteiger partial charge in [0.1, 0.15) is 0 Å². The van der Waals surface area contributed by atoms with Crippen LogP contribution in [0, 0.1) is 0 Å². The van der Waals surface area contributed by atoms with Crippen LogP contribution in [0.3, 0.4) is 0 Å². The van der Waals surface area contributed by atoms with Crippen LogP contribution >= 0.6 is 0 Å². The van der Waals surface area contributed by atoms with Gasteiger partial charge in [0.05, 0.1) is 5.60 Å². The van der Waals surface area contributed by atoms with Crippen molar-refractivity contribution >= 4 is 0 Å². The molecule has 1 aliphatic carbocycles. The summed E-state index contributed by atoms with van der Waals surface area (Å²) in [4.78, 5) is 4.59. The quantitative estimate of drug-likeness (QED) is 0.744. The van der Waals surface area contributed by atoms with E-state index in [1.54, 1.807) is 0 Å². The van der Waals surface area contributed by atoms with E-state index in [-0.39, 0.29) is 0 Å². The van der Waals surface area contributed by atoms with Crippen LogP contribution in [0.15, 0.2) is 0 Å². The third-order valence-corrected chi connectivity index (χ3v) is 3.45. The van der Waals surface area contributed by atoms with Crippen LogP contribution in [-0.4, -0.2) is 60.3 Å². The molecule has 0 radical (unpaired) electrons. The van der Waals surface area contributed by atoms with Gasteiger partial charge in [-0.15, -0.1) is 0 Å². The zero-order chi connectivity index (χ0) is 11.7. The minimum Gasteiger partial charge on any atom is -0.389 e. The second-order valence-electron chi connectivity index (χ2n) is 5.96. The molecule has 90 valence electrons. The summed E-state index contributed by atoms with van der Waals surface area (Å²) in [6, 6.07) is 0. The van der Waals surface area contributed by atoms with Crippen molar-refractivity contribution in [1.82, 2.24) is 9.80 Å². The van der Waals surface area contributed by atoms with Crippen LogP contribution < -0.4 is 0 Å². The topological polar surface area (TPSA) is 26.7 Å². The van der Waals surface area contributed by atoms with E-state index < -0.39 is 5.60 Å². The highest BCUT2D eigenvalue weighted by atomic mass is 16.3. The SMILES string of the molecule is CN(CC(C)(C)O)CC1(N(C)C)CCC1. The van der Waals surface area contributed by atoms with Crippen LogP contribution in [0.4, 0.5) is 0 Å². The maximum absolute atomic E-state index is 9.76. The van der Waals surface area contributed by atoms with Gasteiger partial charge in [0, 0.05) is 18.6 Å². The van der Waals surface area contributed by atoms with Crippen LogP contribution in [0.25, 0.3) is 0 Å². The van der Waals surface area contributed by atoms with Gasteiger partial charge in [0.15, 0.2) is 0 Å². The molecule has 3 nitrogen and oxygen atoms in total. The summed E-state index contributed by atoms with van der Waals surface area (Å²) < 4.78 is 0. The molecule has 1 rings (SSSR count). The summed E-state index contributed by atoms with van der Waals surface area (Å²) in [6.07, 6.45) is 3.92. The van der Waals surface area contributed by atoms with Crippen LogP contribution in [0.2, 0.25) is 0 Å². The molecule has 0 unspecified atom stereocenters. The van der Waals surface area contributed by atoms with E-state index in [2.05, 4.69) is 30.9 Å². The molecule has 0 spiro atoms. The molecule has 1 aliphatic rings. The first-order valence-corrected chi connectivity index (χ1v) is 5.84. The molecule has 1 fully saturated rings. The van der Waals surface area contributed by atoms with E-state index in [0.717, 1.165) is 13.1 Å². The van der Waals surface area contributed by atoms with E-state index in [9.17, 15) is 5.11 Å². The third-order valence-electron chi connectivity index (χ3n) is 3.45. The Bertz CT molecular complexity index is 204. The van der Waals surface area contributed by atoms with Crippen molar-refractivity contribution in [2.45, 2.75) is 44.2 Å². The standard InChI is InChI=1S/C12H26N2O/c1-11(2,15)9-14(5)10-12(13(3)4)7-6-8-12/h15H,6-10H2,1-5H3. The van der Waals surface area contributed by atoms with Crippen molar-refractivity contribution in [2.24, 2.45) is 0 Å². The van der Waals surface area contributed by atoms with Crippen molar-refractivity contribution in [3.63, 3.8) is 0 Å². The van der Waals surface area contributed by atoms with E-state index in [1.807, 2.05) is 13.8 Å². The average molecular weight is 214 g/mol. The molecule has 0 heterocycles.